The third-order valence-electron chi connectivity index (χ3n) is 2.63. The largest absolute Gasteiger partial charge is 0.463 e. The van der Waals surface area contributed by atoms with Crippen LogP contribution in [0.1, 0.15) is 19.3 Å². The minimum atomic E-state index is -0.0904. The van der Waals surface area contributed by atoms with E-state index in [1.54, 1.807) is 0 Å². The SMILES string of the molecule is O=C(CCN1CC1)OC[C@H]1CCCO1. The summed E-state index contributed by atoms with van der Waals surface area (Å²) in [7, 11) is 0. The maximum absolute atomic E-state index is 11.2. The summed E-state index contributed by atoms with van der Waals surface area (Å²) in [5.41, 5.74) is 0. The fourth-order valence-electron chi connectivity index (χ4n) is 1.58. The Morgan fingerprint density at radius 1 is 1.50 bits per heavy atom. The van der Waals surface area contributed by atoms with Crippen molar-refractivity contribution in [2.24, 2.45) is 0 Å². The standard InChI is InChI=1S/C10H17NO3/c12-10(3-4-11-5-6-11)14-8-9-2-1-7-13-9/h9H,1-8H2/t9-/m1/s1. The summed E-state index contributed by atoms with van der Waals surface area (Å²) in [5.74, 6) is -0.0904. The van der Waals surface area contributed by atoms with Crippen molar-refractivity contribution in [3.63, 3.8) is 0 Å². The van der Waals surface area contributed by atoms with Crippen molar-refractivity contribution in [1.29, 1.82) is 0 Å². The molecule has 4 nitrogen and oxygen atoms in total. The molecule has 0 spiro atoms. The van der Waals surface area contributed by atoms with E-state index in [9.17, 15) is 4.79 Å². The van der Waals surface area contributed by atoms with Crippen molar-refractivity contribution in [2.45, 2.75) is 25.4 Å². The molecule has 80 valence electrons. The molecule has 2 heterocycles. The molecular weight excluding hydrogens is 182 g/mol. The van der Waals surface area contributed by atoms with Crippen molar-refractivity contribution in [1.82, 2.24) is 4.90 Å². The second-order valence-corrected chi connectivity index (χ2v) is 3.91. The smallest absolute Gasteiger partial charge is 0.307 e. The van der Waals surface area contributed by atoms with Crippen LogP contribution < -0.4 is 0 Å². The lowest BCUT2D eigenvalue weighted by atomic mass is 10.2. The van der Waals surface area contributed by atoms with Gasteiger partial charge >= 0.3 is 5.97 Å². The molecule has 0 saturated carbocycles. The van der Waals surface area contributed by atoms with Crippen LogP contribution in [0.3, 0.4) is 0 Å². The van der Waals surface area contributed by atoms with Gasteiger partial charge in [-0.05, 0) is 12.8 Å². The van der Waals surface area contributed by atoms with Gasteiger partial charge in [0.1, 0.15) is 6.61 Å². The number of hydrogen-bond donors (Lipinski definition) is 0. The van der Waals surface area contributed by atoms with Gasteiger partial charge < -0.3 is 14.4 Å². The fraction of sp³-hybridized carbons (Fsp3) is 0.900. The number of hydrogen-bond acceptors (Lipinski definition) is 4. The normalized spacial score (nSPS) is 26.4. The van der Waals surface area contributed by atoms with E-state index in [1.165, 1.54) is 0 Å². The minimum Gasteiger partial charge on any atom is -0.463 e. The fourth-order valence-corrected chi connectivity index (χ4v) is 1.58. The minimum absolute atomic E-state index is 0.0904. The molecule has 0 aliphatic carbocycles. The molecule has 2 rings (SSSR count). The van der Waals surface area contributed by atoms with Gasteiger partial charge in [0, 0.05) is 26.2 Å². The first-order chi connectivity index (χ1) is 6.84. The average molecular weight is 199 g/mol. The quantitative estimate of drug-likeness (QED) is 0.475. The molecule has 2 saturated heterocycles. The second-order valence-electron chi connectivity index (χ2n) is 3.91. The van der Waals surface area contributed by atoms with Crippen LogP contribution in [0.25, 0.3) is 0 Å². The highest BCUT2D eigenvalue weighted by atomic mass is 16.6. The predicted molar refractivity (Wildman–Crippen MR) is 51.0 cm³/mol. The second kappa shape index (κ2) is 4.75. The van der Waals surface area contributed by atoms with Gasteiger partial charge in [-0.1, -0.05) is 0 Å². The van der Waals surface area contributed by atoms with E-state index >= 15 is 0 Å². The zero-order chi connectivity index (χ0) is 9.80. The molecular formula is C10H17NO3. The van der Waals surface area contributed by atoms with E-state index in [0.29, 0.717) is 13.0 Å². The van der Waals surface area contributed by atoms with Crippen molar-refractivity contribution >= 4 is 5.97 Å². The molecule has 0 unspecified atom stereocenters. The monoisotopic (exact) mass is 199 g/mol. The van der Waals surface area contributed by atoms with Gasteiger partial charge in [0.05, 0.1) is 12.5 Å². The van der Waals surface area contributed by atoms with Crippen LogP contribution >= 0.6 is 0 Å². The molecule has 14 heavy (non-hydrogen) atoms. The number of esters is 1. The molecule has 2 aliphatic heterocycles. The maximum Gasteiger partial charge on any atom is 0.307 e. The van der Waals surface area contributed by atoms with Crippen LogP contribution in [0, 0.1) is 0 Å². The maximum atomic E-state index is 11.2. The summed E-state index contributed by atoms with van der Waals surface area (Å²) in [5, 5.41) is 0. The highest BCUT2D eigenvalue weighted by Crippen LogP contribution is 2.12. The van der Waals surface area contributed by atoms with E-state index in [2.05, 4.69) is 4.90 Å². The summed E-state index contributed by atoms with van der Waals surface area (Å²) >= 11 is 0. The molecule has 0 aromatic heterocycles. The van der Waals surface area contributed by atoms with Crippen molar-refractivity contribution in [2.75, 3.05) is 32.8 Å². The summed E-state index contributed by atoms with van der Waals surface area (Å²) in [6.07, 6.45) is 2.79. The summed E-state index contributed by atoms with van der Waals surface area (Å²) < 4.78 is 10.5. The lowest BCUT2D eigenvalue weighted by Crippen LogP contribution is -2.19. The highest BCUT2D eigenvalue weighted by Gasteiger charge is 2.20. The Labute approximate surface area is 84.2 Å². The van der Waals surface area contributed by atoms with Crippen LogP contribution in [-0.2, 0) is 14.3 Å². The van der Waals surface area contributed by atoms with Gasteiger partial charge in [-0.2, -0.15) is 0 Å². The molecule has 0 aromatic carbocycles. The van der Waals surface area contributed by atoms with E-state index in [0.717, 1.165) is 39.1 Å². The Kier molecular flexibility index (Phi) is 3.37. The van der Waals surface area contributed by atoms with E-state index in [4.69, 9.17) is 9.47 Å². The van der Waals surface area contributed by atoms with Gasteiger partial charge in [0.15, 0.2) is 0 Å². The molecule has 0 bridgehead atoms. The van der Waals surface area contributed by atoms with Gasteiger partial charge in [-0.25, -0.2) is 0 Å². The topological polar surface area (TPSA) is 38.5 Å². The van der Waals surface area contributed by atoms with Crippen LogP contribution in [0.15, 0.2) is 0 Å². The number of ether oxygens (including phenoxy) is 2. The van der Waals surface area contributed by atoms with E-state index in [-0.39, 0.29) is 12.1 Å². The number of rotatable bonds is 5. The Morgan fingerprint density at radius 3 is 3.00 bits per heavy atom. The average Bonchev–Trinajstić information content (AvgIpc) is 2.87. The zero-order valence-electron chi connectivity index (χ0n) is 8.41. The zero-order valence-corrected chi connectivity index (χ0v) is 8.41. The van der Waals surface area contributed by atoms with Crippen LogP contribution in [-0.4, -0.2) is 49.8 Å². The third-order valence-corrected chi connectivity index (χ3v) is 2.63. The Bertz CT molecular complexity index is 198. The lowest BCUT2D eigenvalue weighted by Gasteiger charge is -2.09. The first kappa shape index (κ1) is 9.93. The molecule has 2 aliphatic rings. The molecule has 0 N–H and O–H groups in total. The molecule has 0 radical (unpaired) electrons. The van der Waals surface area contributed by atoms with Gasteiger partial charge in [-0.15, -0.1) is 0 Å². The molecule has 2 fully saturated rings. The van der Waals surface area contributed by atoms with Crippen LogP contribution in [0.5, 0.6) is 0 Å². The van der Waals surface area contributed by atoms with Crippen LogP contribution in [0.2, 0.25) is 0 Å². The van der Waals surface area contributed by atoms with Crippen molar-refractivity contribution in [3.05, 3.63) is 0 Å². The summed E-state index contributed by atoms with van der Waals surface area (Å²) in [6.45, 7) is 4.39. The van der Waals surface area contributed by atoms with Crippen LogP contribution in [0.4, 0.5) is 0 Å². The number of carbonyl (C=O) groups excluding carboxylic acids is 1. The molecule has 0 amide bonds. The van der Waals surface area contributed by atoms with E-state index < -0.39 is 0 Å². The number of nitrogens with zero attached hydrogens (tertiary/aromatic N) is 1. The first-order valence-corrected chi connectivity index (χ1v) is 5.34. The van der Waals surface area contributed by atoms with Gasteiger partial charge in [-0.3, -0.25) is 4.79 Å². The van der Waals surface area contributed by atoms with Gasteiger partial charge in [0.25, 0.3) is 0 Å². The molecule has 1 atom stereocenters. The Morgan fingerprint density at radius 2 is 2.36 bits per heavy atom. The van der Waals surface area contributed by atoms with Crippen molar-refractivity contribution < 1.29 is 14.3 Å². The molecule has 4 heteroatoms. The third kappa shape index (κ3) is 3.27. The Hall–Kier alpha value is -0.610. The summed E-state index contributed by atoms with van der Waals surface area (Å²) in [6, 6.07) is 0. The van der Waals surface area contributed by atoms with Gasteiger partial charge in [0.2, 0.25) is 0 Å². The molecule has 0 aromatic rings. The Balaban J connectivity index is 1.52. The number of carbonyl (C=O) groups is 1. The highest BCUT2D eigenvalue weighted by molar-refractivity contribution is 5.69. The lowest BCUT2D eigenvalue weighted by molar-refractivity contribution is -0.146. The first-order valence-electron chi connectivity index (χ1n) is 5.34. The summed E-state index contributed by atoms with van der Waals surface area (Å²) in [4.78, 5) is 13.4. The van der Waals surface area contributed by atoms with E-state index in [1.807, 2.05) is 0 Å². The van der Waals surface area contributed by atoms with Crippen molar-refractivity contribution in [3.8, 4) is 0 Å². The predicted octanol–water partition coefficient (Wildman–Crippen LogP) is 0.414.